The number of para-hydroxylation sites is 1. The lowest BCUT2D eigenvalue weighted by molar-refractivity contribution is 0.421. The fourth-order valence-corrected chi connectivity index (χ4v) is 4.35. The molecule has 0 saturated heterocycles. The third kappa shape index (κ3) is 5.04. The molecule has 2 heterocycles. The summed E-state index contributed by atoms with van der Waals surface area (Å²) >= 11 is 0. The van der Waals surface area contributed by atoms with Gasteiger partial charge in [-0.15, -0.1) is 6.58 Å². The molecule has 1 atom stereocenters. The van der Waals surface area contributed by atoms with Crippen molar-refractivity contribution < 1.29 is 0 Å². The highest BCUT2D eigenvalue weighted by Gasteiger charge is 2.26. The third-order valence-electron chi connectivity index (χ3n) is 7.09. The molecule has 2 aromatic carbocycles. The smallest absolute Gasteiger partial charge is 0.274 e. The van der Waals surface area contributed by atoms with Gasteiger partial charge in [0.25, 0.3) is 5.56 Å². The Morgan fingerprint density at radius 2 is 1.91 bits per heavy atom. The Balaban J connectivity index is 1.60. The van der Waals surface area contributed by atoms with Crippen molar-refractivity contribution in [1.82, 2.24) is 9.66 Å². The van der Waals surface area contributed by atoms with Crippen LogP contribution in [0.5, 0.6) is 0 Å². The van der Waals surface area contributed by atoms with E-state index in [-0.39, 0.29) is 11.0 Å². The zero-order chi connectivity index (χ0) is 25.0. The number of anilines is 1. The van der Waals surface area contributed by atoms with Gasteiger partial charge in [-0.05, 0) is 41.2 Å². The summed E-state index contributed by atoms with van der Waals surface area (Å²) < 4.78 is 1.40. The topological polar surface area (TPSA) is 59.3 Å². The number of fused-ring (bicyclic) bond motifs is 1. The highest BCUT2D eigenvalue weighted by Crippen LogP contribution is 2.33. The van der Waals surface area contributed by atoms with Gasteiger partial charge in [0, 0.05) is 23.6 Å². The maximum atomic E-state index is 13.0. The molecular formula is C30H34N4O. The molecule has 5 heteroatoms. The summed E-state index contributed by atoms with van der Waals surface area (Å²) in [7, 11) is 0. The Morgan fingerprint density at radius 1 is 1.17 bits per heavy atom. The van der Waals surface area contributed by atoms with Crippen molar-refractivity contribution in [1.29, 1.82) is 0 Å². The van der Waals surface area contributed by atoms with Crippen LogP contribution in [0.1, 0.15) is 62.3 Å². The summed E-state index contributed by atoms with van der Waals surface area (Å²) in [4.78, 5) is 17.7. The lowest BCUT2D eigenvalue weighted by atomic mass is 9.73. The van der Waals surface area contributed by atoms with E-state index in [1.165, 1.54) is 15.8 Å². The van der Waals surface area contributed by atoms with Crippen LogP contribution in [0.2, 0.25) is 0 Å². The second-order valence-corrected chi connectivity index (χ2v) is 9.49. The molecule has 0 amide bonds. The summed E-state index contributed by atoms with van der Waals surface area (Å²) in [5.74, 6) is 0.975. The van der Waals surface area contributed by atoms with E-state index in [0.29, 0.717) is 30.4 Å². The lowest BCUT2D eigenvalue weighted by Crippen LogP contribution is -2.25. The van der Waals surface area contributed by atoms with Gasteiger partial charge in [-0.2, -0.15) is 9.78 Å². The first kappa shape index (κ1) is 24.4. The number of aryl methyl sites for hydroxylation is 1. The first-order valence-electron chi connectivity index (χ1n) is 12.3. The predicted molar refractivity (Wildman–Crippen MR) is 146 cm³/mol. The van der Waals surface area contributed by atoms with Gasteiger partial charge < -0.3 is 5.32 Å². The molecule has 0 aliphatic carbocycles. The monoisotopic (exact) mass is 466 g/mol. The molecule has 1 aromatic heterocycles. The second kappa shape index (κ2) is 10.3. The summed E-state index contributed by atoms with van der Waals surface area (Å²) in [6, 6.07) is 18.2. The normalized spacial score (nSPS) is 14.6. The summed E-state index contributed by atoms with van der Waals surface area (Å²) in [6.45, 7) is 13.3. The fraction of sp³-hybridized carbons (Fsp3) is 0.300. The van der Waals surface area contributed by atoms with Crippen LogP contribution in [0.15, 0.2) is 83.2 Å². The van der Waals surface area contributed by atoms with Crippen molar-refractivity contribution in [2.45, 2.75) is 52.5 Å². The predicted octanol–water partition coefficient (Wildman–Crippen LogP) is 6.19. The van der Waals surface area contributed by atoms with Crippen LogP contribution in [-0.4, -0.2) is 15.4 Å². The van der Waals surface area contributed by atoms with Gasteiger partial charge in [-0.3, -0.25) is 4.79 Å². The van der Waals surface area contributed by atoms with Crippen LogP contribution in [0.25, 0.3) is 6.08 Å². The van der Waals surface area contributed by atoms with Gasteiger partial charge in [-0.1, -0.05) is 82.3 Å². The van der Waals surface area contributed by atoms with Crippen molar-refractivity contribution in [3.63, 3.8) is 0 Å². The average molecular weight is 467 g/mol. The van der Waals surface area contributed by atoms with E-state index in [9.17, 15) is 4.79 Å². The van der Waals surface area contributed by atoms with E-state index < -0.39 is 0 Å². The van der Waals surface area contributed by atoms with E-state index in [2.05, 4.69) is 76.0 Å². The number of nitrogens with one attached hydrogen (secondary N) is 1. The van der Waals surface area contributed by atoms with E-state index in [4.69, 9.17) is 10.1 Å². The molecule has 1 aliphatic heterocycles. The Labute approximate surface area is 207 Å². The Hall–Kier alpha value is -3.73. The zero-order valence-corrected chi connectivity index (χ0v) is 21.1. The van der Waals surface area contributed by atoms with E-state index in [1.807, 2.05) is 30.4 Å². The van der Waals surface area contributed by atoms with Crippen molar-refractivity contribution in [3.05, 3.63) is 112 Å². The molecule has 3 aromatic rings. The summed E-state index contributed by atoms with van der Waals surface area (Å²) in [5, 5.41) is 8.12. The number of hydrogen-bond acceptors (Lipinski definition) is 4. The minimum atomic E-state index is -0.185. The molecule has 1 aliphatic rings. The summed E-state index contributed by atoms with van der Waals surface area (Å²) in [6.07, 6.45) is 7.48. The number of rotatable bonds is 8. The molecule has 5 nitrogen and oxygen atoms in total. The van der Waals surface area contributed by atoms with Crippen molar-refractivity contribution in [3.8, 4) is 0 Å². The first-order valence-corrected chi connectivity index (χ1v) is 12.3. The van der Waals surface area contributed by atoms with Gasteiger partial charge in [-0.25, -0.2) is 4.98 Å². The van der Waals surface area contributed by atoms with Gasteiger partial charge in [0.1, 0.15) is 0 Å². The summed E-state index contributed by atoms with van der Waals surface area (Å²) in [5.41, 5.74) is 5.76. The quantitative estimate of drug-likeness (QED) is 0.403. The van der Waals surface area contributed by atoms with E-state index in [0.717, 1.165) is 23.4 Å². The molecule has 0 fully saturated rings. The highest BCUT2D eigenvalue weighted by molar-refractivity contribution is 6.02. The standard InChI is InChI=1S/C30H34N4O/c1-6-22-11-8-9-12-26(22)31-20-25-19-29(35)34-28(32-25)14-10-13-27(33-34)23-15-17-24(18-16-23)30(5,7-2)21(3)4/h7-12,14-19,21,31H,2,6,13,20H2,1,3-5H3. The molecule has 4 rings (SSSR count). The minimum Gasteiger partial charge on any atom is -0.379 e. The molecule has 0 saturated carbocycles. The number of aromatic nitrogens is 2. The highest BCUT2D eigenvalue weighted by atomic mass is 16.1. The van der Waals surface area contributed by atoms with Crippen LogP contribution in [0, 0.1) is 5.92 Å². The lowest BCUT2D eigenvalue weighted by Gasteiger charge is -2.31. The van der Waals surface area contributed by atoms with Crippen molar-refractivity contribution >= 4 is 17.5 Å². The van der Waals surface area contributed by atoms with Gasteiger partial charge in [0.2, 0.25) is 0 Å². The molecule has 0 spiro atoms. The molecule has 180 valence electrons. The maximum Gasteiger partial charge on any atom is 0.274 e. The van der Waals surface area contributed by atoms with E-state index in [1.54, 1.807) is 6.07 Å². The molecule has 1 N–H and O–H groups in total. The molecule has 35 heavy (non-hydrogen) atoms. The van der Waals surface area contributed by atoms with Crippen LogP contribution < -0.4 is 10.9 Å². The van der Waals surface area contributed by atoms with E-state index >= 15 is 0 Å². The number of nitrogens with zero attached hydrogens (tertiary/aromatic N) is 3. The molecule has 1 unspecified atom stereocenters. The van der Waals surface area contributed by atoms with Crippen molar-refractivity contribution in [2.75, 3.05) is 5.32 Å². The van der Waals surface area contributed by atoms with Crippen LogP contribution in [0.3, 0.4) is 0 Å². The average Bonchev–Trinajstić information content (AvgIpc) is 3.10. The van der Waals surface area contributed by atoms with Crippen LogP contribution >= 0.6 is 0 Å². The number of hydrogen-bond donors (Lipinski definition) is 1. The molecule has 0 bridgehead atoms. The van der Waals surface area contributed by atoms with Gasteiger partial charge in [0.15, 0.2) is 5.82 Å². The number of benzene rings is 2. The van der Waals surface area contributed by atoms with Crippen LogP contribution in [0.4, 0.5) is 5.69 Å². The van der Waals surface area contributed by atoms with Gasteiger partial charge in [0.05, 0.1) is 18.0 Å². The van der Waals surface area contributed by atoms with Crippen LogP contribution in [-0.2, 0) is 18.4 Å². The first-order chi connectivity index (χ1) is 16.9. The number of allylic oxidation sites excluding steroid dienone is 2. The molecule has 0 radical (unpaired) electrons. The minimum absolute atomic E-state index is 0.0980. The maximum absolute atomic E-state index is 13.0. The van der Waals surface area contributed by atoms with Crippen molar-refractivity contribution in [2.24, 2.45) is 11.0 Å². The SMILES string of the molecule is C=CC(C)(c1ccc(C2=Nn3c(nc(CNc4ccccc4CC)cc3=O)C=CC2)cc1)C(C)C. The zero-order valence-electron chi connectivity index (χ0n) is 21.1. The second-order valence-electron chi connectivity index (χ2n) is 9.49. The largest absolute Gasteiger partial charge is 0.379 e. The fourth-order valence-electron chi connectivity index (χ4n) is 4.35. The molecular weight excluding hydrogens is 432 g/mol. The Morgan fingerprint density at radius 3 is 2.60 bits per heavy atom. The van der Waals surface area contributed by atoms with Gasteiger partial charge >= 0.3 is 0 Å². The third-order valence-corrected chi connectivity index (χ3v) is 7.09. The Bertz CT molecular complexity index is 1330. The Kier molecular flexibility index (Phi) is 7.15.